The van der Waals surface area contributed by atoms with Crippen molar-refractivity contribution in [2.45, 2.75) is 97.8 Å². The topological polar surface area (TPSA) is 69.9 Å². The van der Waals surface area contributed by atoms with Crippen molar-refractivity contribution in [2.75, 3.05) is 24.6 Å². The normalized spacial score (nSPS) is 10.7. The molecule has 4 amide bonds. The number of nitrogens with zero attached hydrogens (tertiary/aromatic N) is 3. The lowest BCUT2D eigenvalue weighted by molar-refractivity contribution is 0.148. The molecule has 0 aromatic heterocycles. The zero-order valence-electron chi connectivity index (χ0n) is 20.7. The Hall–Kier alpha value is -2.24. The number of para-hydroxylation sites is 1. The van der Waals surface area contributed by atoms with E-state index in [2.05, 4.69) is 13.8 Å². The number of urea groups is 2. The van der Waals surface area contributed by atoms with E-state index in [1.165, 1.54) is 50.0 Å². The van der Waals surface area contributed by atoms with Crippen LogP contribution in [-0.2, 0) is 0 Å². The average molecular weight is 447 g/mol. The number of unbranched alkanes of at least 4 members (excludes halogenated alkanes) is 10. The van der Waals surface area contributed by atoms with Crippen LogP contribution in [0, 0.1) is 0 Å². The minimum absolute atomic E-state index is 0.141. The average Bonchev–Trinajstić information content (AvgIpc) is 2.80. The number of benzene rings is 1. The third-order valence-electron chi connectivity index (χ3n) is 5.83. The summed E-state index contributed by atoms with van der Waals surface area (Å²) in [6.07, 6.45) is 13.8. The maximum absolute atomic E-state index is 13.5. The fourth-order valence-electron chi connectivity index (χ4n) is 3.91. The summed E-state index contributed by atoms with van der Waals surface area (Å²) >= 11 is 0. The first-order chi connectivity index (χ1) is 15.6. The molecule has 0 saturated carbocycles. The summed E-state index contributed by atoms with van der Waals surface area (Å²) in [5, 5.41) is 2.90. The van der Waals surface area contributed by atoms with Crippen molar-refractivity contribution in [3.8, 4) is 0 Å². The van der Waals surface area contributed by atoms with Gasteiger partial charge >= 0.3 is 12.1 Å². The summed E-state index contributed by atoms with van der Waals surface area (Å²) < 4.78 is 0. The van der Waals surface area contributed by atoms with Gasteiger partial charge in [-0.05, 0) is 31.9 Å². The van der Waals surface area contributed by atoms with Gasteiger partial charge in [0.05, 0.1) is 5.69 Å². The van der Waals surface area contributed by atoms with Crippen LogP contribution in [-0.4, -0.2) is 41.6 Å². The molecule has 0 unspecified atom stereocenters. The summed E-state index contributed by atoms with van der Waals surface area (Å²) in [6.45, 7) is 8.21. The van der Waals surface area contributed by atoms with Crippen molar-refractivity contribution in [3.63, 3.8) is 0 Å². The molecule has 182 valence electrons. The molecule has 0 aliphatic rings. The van der Waals surface area contributed by atoms with Gasteiger partial charge in [0.1, 0.15) is 0 Å². The maximum atomic E-state index is 13.5. The minimum Gasteiger partial charge on any atom is -0.350 e. The van der Waals surface area contributed by atoms with Gasteiger partial charge in [-0.3, -0.25) is 0 Å². The van der Waals surface area contributed by atoms with E-state index in [-0.39, 0.29) is 6.03 Å². The Balaban J connectivity index is 2.86. The lowest BCUT2D eigenvalue weighted by Gasteiger charge is -2.37. The van der Waals surface area contributed by atoms with E-state index in [1.54, 1.807) is 5.01 Å². The molecule has 0 saturated heterocycles. The number of hydrogen-bond acceptors (Lipinski definition) is 2. The molecule has 1 rings (SSSR count). The molecule has 6 heteroatoms. The molecule has 0 aliphatic heterocycles. The molecule has 0 aliphatic carbocycles. The molecular formula is C26H46N4O2. The molecule has 2 N–H and O–H groups in total. The van der Waals surface area contributed by atoms with Crippen LogP contribution in [0.1, 0.15) is 97.8 Å². The Morgan fingerprint density at radius 2 is 1.22 bits per heavy atom. The van der Waals surface area contributed by atoms with E-state index >= 15 is 0 Å². The van der Waals surface area contributed by atoms with Crippen molar-refractivity contribution >= 4 is 17.7 Å². The number of hydrazine groups is 1. The number of carbonyl (C=O) groups excluding carboxylic acids is 2. The molecule has 1 aromatic rings. The lowest BCUT2D eigenvalue weighted by Crippen LogP contribution is -2.56. The number of carbonyl (C=O) groups is 2. The minimum atomic E-state index is -0.633. The monoisotopic (exact) mass is 446 g/mol. The third-order valence-corrected chi connectivity index (χ3v) is 5.83. The summed E-state index contributed by atoms with van der Waals surface area (Å²) in [6, 6.07) is 8.45. The quantitative estimate of drug-likeness (QED) is 0.220. The van der Waals surface area contributed by atoms with Gasteiger partial charge in [0.2, 0.25) is 0 Å². The van der Waals surface area contributed by atoms with Crippen LogP contribution in [0.5, 0.6) is 0 Å². The highest BCUT2D eigenvalue weighted by molar-refractivity contribution is 5.93. The van der Waals surface area contributed by atoms with Crippen molar-refractivity contribution < 1.29 is 9.59 Å². The molecule has 32 heavy (non-hydrogen) atoms. The fourth-order valence-corrected chi connectivity index (χ4v) is 3.91. The summed E-state index contributed by atoms with van der Waals surface area (Å²) in [5.74, 6) is 0. The molecule has 0 radical (unpaired) electrons. The molecule has 0 atom stereocenters. The largest absolute Gasteiger partial charge is 0.350 e. The van der Waals surface area contributed by atoms with Gasteiger partial charge in [0.15, 0.2) is 0 Å². The highest BCUT2D eigenvalue weighted by Gasteiger charge is 2.28. The van der Waals surface area contributed by atoms with Gasteiger partial charge in [-0.2, -0.15) is 5.01 Å². The maximum Gasteiger partial charge on any atom is 0.339 e. The molecule has 0 fully saturated rings. The number of hydrogen-bond donors (Lipinski definition) is 1. The van der Waals surface area contributed by atoms with Crippen LogP contribution >= 0.6 is 0 Å². The van der Waals surface area contributed by atoms with E-state index in [0.29, 0.717) is 25.3 Å². The Bertz CT molecular complexity index is 624. The van der Waals surface area contributed by atoms with Gasteiger partial charge in [-0.15, -0.1) is 0 Å². The third kappa shape index (κ3) is 10.4. The number of rotatable bonds is 16. The Morgan fingerprint density at radius 3 is 1.72 bits per heavy atom. The van der Waals surface area contributed by atoms with Crippen LogP contribution in [0.4, 0.5) is 15.3 Å². The molecule has 1 aromatic carbocycles. The number of anilines is 1. The Morgan fingerprint density at radius 1 is 0.719 bits per heavy atom. The first kappa shape index (κ1) is 27.8. The molecule has 6 nitrogen and oxygen atoms in total. The molecule has 0 spiro atoms. The van der Waals surface area contributed by atoms with Gasteiger partial charge in [-0.1, -0.05) is 96.3 Å². The second-order valence-corrected chi connectivity index (χ2v) is 8.51. The highest BCUT2D eigenvalue weighted by Crippen LogP contribution is 2.19. The van der Waals surface area contributed by atoms with E-state index in [0.717, 1.165) is 32.1 Å². The zero-order valence-corrected chi connectivity index (χ0v) is 20.7. The first-order valence-electron chi connectivity index (χ1n) is 12.8. The highest BCUT2D eigenvalue weighted by atomic mass is 16.2. The fraction of sp³-hybridized carbons (Fsp3) is 0.692. The Kier molecular flexibility index (Phi) is 15.1. The molecule has 0 heterocycles. The summed E-state index contributed by atoms with van der Waals surface area (Å²) in [4.78, 5) is 27.8. The van der Waals surface area contributed by atoms with Gasteiger partial charge in [0.25, 0.3) is 0 Å². The summed E-state index contributed by atoms with van der Waals surface area (Å²) in [5.41, 5.74) is 6.38. The number of primary amides is 1. The van der Waals surface area contributed by atoms with E-state index < -0.39 is 6.03 Å². The predicted molar refractivity (Wildman–Crippen MR) is 135 cm³/mol. The Labute approximate surface area is 196 Å². The van der Waals surface area contributed by atoms with Crippen LogP contribution in [0.15, 0.2) is 30.3 Å². The zero-order chi connectivity index (χ0) is 23.6. The second-order valence-electron chi connectivity index (χ2n) is 8.51. The first-order valence-corrected chi connectivity index (χ1v) is 12.8. The SMILES string of the molecule is CCCCCCCCN(CC)C(=O)N(CCCCCCCC)N(C(N)=O)c1ccccc1. The van der Waals surface area contributed by atoms with Crippen LogP contribution in [0.2, 0.25) is 0 Å². The molecule has 0 bridgehead atoms. The second kappa shape index (κ2) is 17.3. The van der Waals surface area contributed by atoms with E-state index in [1.807, 2.05) is 42.2 Å². The van der Waals surface area contributed by atoms with Gasteiger partial charge in [-0.25, -0.2) is 14.6 Å². The van der Waals surface area contributed by atoms with Crippen molar-refractivity contribution in [1.82, 2.24) is 9.91 Å². The smallest absolute Gasteiger partial charge is 0.339 e. The van der Waals surface area contributed by atoms with E-state index in [9.17, 15) is 9.59 Å². The standard InChI is InChI=1S/C26H46N4O2/c1-4-7-9-11-13-18-22-28(6-3)26(32)29(23-19-14-12-10-8-5-2)30(25(27)31)24-20-16-15-17-21-24/h15-17,20-21H,4-14,18-19,22-23H2,1-3H3,(H2,27,31). The van der Waals surface area contributed by atoms with Crippen molar-refractivity contribution in [1.29, 1.82) is 0 Å². The van der Waals surface area contributed by atoms with Gasteiger partial charge < -0.3 is 10.6 Å². The van der Waals surface area contributed by atoms with Gasteiger partial charge in [0, 0.05) is 19.6 Å². The van der Waals surface area contributed by atoms with Crippen LogP contribution in [0.25, 0.3) is 0 Å². The predicted octanol–water partition coefficient (Wildman–Crippen LogP) is 6.95. The van der Waals surface area contributed by atoms with Crippen molar-refractivity contribution in [3.05, 3.63) is 30.3 Å². The summed E-state index contributed by atoms with van der Waals surface area (Å²) in [7, 11) is 0. The lowest BCUT2D eigenvalue weighted by atomic mass is 10.1. The number of amides is 4. The van der Waals surface area contributed by atoms with Crippen molar-refractivity contribution in [2.24, 2.45) is 5.73 Å². The van der Waals surface area contributed by atoms with Crippen LogP contribution < -0.4 is 10.7 Å². The number of nitrogens with two attached hydrogens (primary N) is 1. The van der Waals surface area contributed by atoms with E-state index in [4.69, 9.17) is 5.73 Å². The van der Waals surface area contributed by atoms with Crippen LogP contribution in [0.3, 0.4) is 0 Å². The molecular weight excluding hydrogens is 400 g/mol.